The van der Waals surface area contributed by atoms with Crippen LogP contribution in [0.4, 0.5) is 5.82 Å². The van der Waals surface area contributed by atoms with E-state index < -0.39 is 0 Å². The third kappa shape index (κ3) is 3.50. The number of nitrogens with one attached hydrogen (secondary N) is 2. The fourth-order valence-electron chi connectivity index (χ4n) is 3.87. The van der Waals surface area contributed by atoms with Crippen LogP contribution in [0.25, 0.3) is 22.2 Å². The summed E-state index contributed by atoms with van der Waals surface area (Å²) in [6.45, 7) is 6.19. The smallest absolute Gasteiger partial charge is 0.130 e. The first-order valence-electron chi connectivity index (χ1n) is 9.70. The van der Waals surface area contributed by atoms with E-state index in [0.717, 1.165) is 42.8 Å². The lowest BCUT2D eigenvalue weighted by atomic mass is 9.96. The van der Waals surface area contributed by atoms with Crippen molar-refractivity contribution in [1.29, 1.82) is 5.41 Å². The molecule has 2 aliphatic rings. The molecule has 0 radical (unpaired) electrons. The molecule has 4 rings (SSSR count). The van der Waals surface area contributed by atoms with E-state index in [1.165, 1.54) is 17.4 Å². The number of anilines is 1. The average Bonchev–Trinajstić information content (AvgIpc) is 2.73. The van der Waals surface area contributed by atoms with Gasteiger partial charge in [0.05, 0.1) is 25.0 Å². The molecule has 2 aliphatic heterocycles. The number of ether oxygens (including phenoxy) is 1. The Labute approximate surface area is 164 Å². The minimum Gasteiger partial charge on any atom is -0.397 e. The van der Waals surface area contributed by atoms with E-state index in [4.69, 9.17) is 20.9 Å². The number of hydrogen-bond donors (Lipinski definition) is 3. The van der Waals surface area contributed by atoms with E-state index in [0.29, 0.717) is 24.6 Å². The second kappa shape index (κ2) is 8.08. The minimum absolute atomic E-state index is 0.253. The van der Waals surface area contributed by atoms with E-state index in [1.807, 2.05) is 6.07 Å². The van der Waals surface area contributed by atoms with Crippen molar-refractivity contribution in [1.82, 2.24) is 15.3 Å². The van der Waals surface area contributed by atoms with Gasteiger partial charge in [-0.3, -0.25) is 4.98 Å². The highest BCUT2D eigenvalue weighted by Crippen LogP contribution is 2.33. The molecule has 146 valence electrons. The third-order valence-corrected chi connectivity index (χ3v) is 5.32. The summed E-state index contributed by atoms with van der Waals surface area (Å²) in [5.74, 6) is 0.926. The number of allylic oxidation sites excluding steroid dienone is 1. The molecule has 2 aromatic rings. The summed E-state index contributed by atoms with van der Waals surface area (Å²) in [6, 6.07) is 4.46. The van der Waals surface area contributed by atoms with Gasteiger partial charge in [0.25, 0.3) is 0 Å². The van der Waals surface area contributed by atoms with Gasteiger partial charge in [0.1, 0.15) is 17.0 Å². The molecule has 0 aliphatic carbocycles. The lowest BCUT2D eigenvalue weighted by Gasteiger charge is -2.35. The Morgan fingerprint density at radius 1 is 1.46 bits per heavy atom. The lowest BCUT2D eigenvalue weighted by molar-refractivity contribution is 0.0985. The van der Waals surface area contributed by atoms with Crippen LogP contribution in [0.5, 0.6) is 0 Å². The molecular weight excluding hydrogens is 352 g/mol. The molecule has 0 saturated carbocycles. The molecule has 1 saturated heterocycles. The number of pyridine rings is 2. The maximum atomic E-state index is 7.35. The van der Waals surface area contributed by atoms with Crippen molar-refractivity contribution >= 4 is 34.2 Å². The van der Waals surface area contributed by atoms with Crippen LogP contribution in [0.3, 0.4) is 0 Å². The van der Waals surface area contributed by atoms with Gasteiger partial charge in [-0.25, -0.2) is 4.98 Å². The van der Waals surface area contributed by atoms with Gasteiger partial charge >= 0.3 is 0 Å². The molecule has 0 bridgehead atoms. The predicted molar refractivity (Wildman–Crippen MR) is 114 cm³/mol. The predicted octanol–water partition coefficient (Wildman–Crippen LogP) is 2.18. The maximum Gasteiger partial charge on any atom is 0.130 e. The van der Waals surface area contributed by atoms with Crippen LogP contribution in [0.2, 0.25) is 0 Å². The van der Waals surface area contributed by atoms with Crippen molar-refractivity contribution in [3.63, 3.8) is 0 Å². The Morgan fingerprint density at radius 2 is 2.36 bits per heavy atom. The van der Waals surface area contributed by atoms with Crippen molar-refractivity contribution in [3.8, 4) is 0 Å². The first-order valence-corrected chi connectivity index (χ1v) is 9.70. The molecule has 7 heteroatoms. The van der Waals surface area contributed by atoms with Gasteiger partial charge in [0, 0.05) is 30.9 Å². The van der Waals surface area contributed by atoms with Crippen molar-refractivity contribution in [2.75, 3.05) is 37.7 Å². The van der Waals surface area contributed by atoms with Crippen LogP contribution >= 0.6 is 0 Å². The van der Waals surface area contributed by atoms with Gasteiger partial charge in [0.2, 0.25) is 0 Å². The molecule has 0 spiro atoms. The standard InChI is InChI=1S/C21H26N6O/c1-14-13-28-11-10-27(14)19-12-17(15-3-7-24-8-4-15)16-5-9-25-21(20(16)26-19)18(23)2-6-22/h2-3,5-6,9,12,14,22,24H,4,7-8,10-11,13,23H2,1H3/b18-2-,22-6?/t14-/m1/s1. The quantitative estimate of drug-likeness (QED) is 0.705. The molecule has 4 heterocycles. The Kier molecular flexibility index (Phi) is 5.36. The highest BCUT2D eigenvalue weighted by Gasteiger charge is 2.23. The normalized spacial score (nSPS) is 20.9. The second-order valence-electron chi connectivity index (χ2n) is 7.17. The number of nitrogens with two attached hydrogens (primary N) is 1. The summed E-state index contributed by atoms with van der Waals surface area (Å²) in [5.41, 5.74) is 10.6. The topological polar surface area (TPSA) is 100 Å². The SMILES string of the molecule is C[C@@H]1COCCN1c1cc(C2=CCNCC2)c2ccnc(/C(N)=C/C=N)c2n1. The fourth-order valence-corrected chi connectivity index (χ4v) is 3.87. The molecule has 28 heavy (non-hydrogen) atoms. The monoisotopic (exact) mass is 378 g/mol. The van der Waals surface area contributed by atoms with E-state index in [1.54, 1.807) is 12.3 Å². The maximum absolute atomic E-state index is 7.35. The van der Waals surface area contributed by atoms with Crippen molar-refractivity contribution in [3.05, 3.63) is 41.7 Å². The van der Waals surface area contributed by atoms with E-state index in [2.05, 4.69) is 34.3 Å². The number of rotatable bonds is 4. The lowest BCUT2D eigenvalue weighted by Crippen LogP contribution is -2.44. The summed E-state index contributed by atoms with van der Waals surface area (Å²) >= 11 is 0. The Hall–Kier alpha value is -2.77. The third-order valence-electron chi connectivity index (χ3n) is 5.32. The molecule has 4 N–H and O–H groups in total. The second-order valence-corrected chi connectivity index (χ2v) is 7.17. The van der Waals surface area contributed by atoms with E-state index in [-0.39, 0.29) is 6.04 Å². The van der Waals surface area contributed by atoms with Crippen LogP contribution in [0, 0.1) is 5.41 Å². The molecule has 2 aromatic heterocycles. The van der Waals surface area contributed by atoms with Gasteiger partial charge in [-0.1, -0.05) is 6.08 Å². The van der Waals surface area contributed by atoms with Crippen LogP contribution < -0.4 is 16.0 Å². The van der Waals surface area contributed by atoms with Gasteiger partial charge in [0.15, 0.2) is 0 Å². The van der Waals surface area contributed by atoms with E-state index >= 15 is 0 Å². The summed E-state index contributed by atoms with van der Waals surface area (Å²) < 4.78 is 5.61. The van der Waals surface area contributed by atoms with Crippen molar-refractivity contribution < 1.29 is 4.74 Å². The average molecular weight is 378 g/mol. The summed E-state index contributed by atoms with van der Waals surface area (Å²) in [5, 5.41) is 11.8. The van der Waals surface area contributed by atoms with Crippen LogP contribution in [-0.4, -0.2) is 55.1 Å². The Balaban J connectivity index is 1.95. The number of nitrogens with zero attached hydrogens (tertiary/aromatic N) is 3. The minimum atomic E-state index is 0.253. The Morgan fingerprint density at radius 3 is 3.11 bits per heavy atom. The first-order chi connectivity index (χ1) is 13.7. The molecule has 1 atom stereocenters. The number of morpholine rings is 1. The van der Waals surface area contributed by atoms with Crippen molar-refractivity contribution in [2.45, 2.75) is 19.4 Å². The highest BCUT2D eigenvalue weighted by atomic mass is 16.5. The van der Waals surface area contributed by atoms with Gasteiger partial charge in [-0.2, -0.15) is 0 Å². The molecule has 0 amide bonds. The first kappa shape index (κ1) is 18.6. The molecule has 0 unspecified atom stereocenters. The molecule has 1 fully saturated rings. The number of fused-ring (bicyclic) bond motifs is 1. The van der Waals surface area contributed by atoms with Gasteiger partial charge in [-0.05, 0) is 49.2 Å². The van der Waals surface area contributed by atoms with Gasteiger partial charge in [-0.15, -0.1) is 0 Å². The van der Waals surface area contributed by atoms with Crippen LogP contribution in [-0.2, 0) is 4.74 Å². The Bertz CT molecular complexity index is 951. The zero-order valence-corrected chi connectivity index (χ0v) is 16.1. The summed E-state index contributed by atoms with van der Waals surface area (Å²) in [6.07, 6.45) is 7.73. The molecule has 0 aromatic carbocycles. The van der Waals surface area contributed by atoms with E-state index in [9.17, 15) is 0 Å². The molecule has 7 nitrogen and oxygen atoms in total. The van der Waals surface area contributed by atoms with Crippen molar-refractivity contribution in [2.24, 2.45) is 5.73 Å². The largest absolute Gasteiger partial charge is 0.397 e. The van der Waals surface area contributed by atoms with Crippen LogP contribution in [0.1, 0.15) is 24.6 Å². The zero-order chi connectivity index (χ0) is 19.5. The number of hydrogen-bond acceptors (Lipinski definition) is 7. The fraction of sp³-hybridized carbons (Fsp3) is 0.381. The van der Waals surface area contributed by atoms with Crippen LogP contribution in [0.15, 0.2) is 30.5 Å². The molecular formula is C21H26N6O. The summed E-state index contributed by atoms with van der Waals surface area (Å²) in [7, 11) is 0. The summed E-state index contributed by atoms with van der Waals surface area (Å²) in [4.78, 5) is 11.8. The number of aromatic nitrogens is 2. The highest BCUT2D eigenvalue weighted by molar-refractivity contribution is 5.99. The zero-order valence-electron chi connectivity index (χ0n) is 16.1. The van der Waals surface area contributed by atoms with Gasteiger partial charge < -0.3 is 26.1 Å².